The number of hydrogen-bond acceptors (Lipinski definition) is 3. The minimum absolute atomic E-state index is 0.000784. The molecule has 0 aromatic heterocycles. The molecular formula is C27H38Cl2N2O2. The van der Waals surface area contributed by atoms with Crippen LogP contribution in [0.3, 0.4) is 0 Å². The van der Waals surface area contributed by atoms with Crippen molar-refractivity contribution in [3.8, 4) is 0 Å². The van der Waals surface area contributed by atoms with Crippen LogP contribution in [0.25, 0.3) is 0 Å². The van der Waals surface area contributed by atoms with E-state index in [1.807, 2.05) is 24.3 Å². The van der Waals surface area contributed by atoms with Gasteiger partial charge in [-0.15, -0.1) is 0 Å². The van der Waals surface area contributed by atoms with Crippen LogP contribution in [0.1, 0.15) is 63.0 Å². The van der Waals surface area contributed by atoms with Crippen molar-refractivity contribution in [3.63, 3.8) is 0 Å². The third-order valence-electron chi connectivity index (χ3n) is 5.51. The van der Waals surface area contributed by atoms with Gasteiger partial charge in [0.25, 0.3) is 5.91 Å². The number of halogens is 2. The normalized spacial score (nSPS) is 16.9. The van der Waals surface area contributed by atoms with Crippen LogP contribution >= 0.6 is 23.2 Å². The quantitative estimate of drug-likeness (QED) is 0.532. The van der Waals surface area contributed by atoms with E-state index in [4.69, 9.17) is 27.9 Å². The molecule has 182 valence electrons. The van der Waals surface area contributed by atoms with E-state index in [-0.39, 0.29) is 16.7 Å². The van der Waals surface area contributed by atoms with Gasteiger partial charge in [-0.1, -0.05) is 82.9 Å². The highest BCUT2D eigenvalue weighted by Gasteiger charge is 2.22. The summed E-state index contributed by atoms with van der Waals surface area (Å²) in [7, 11) is 0. The minimum atomic E-state index is 0.000784. The summed E-state index contributed by atoms with van der Waals surface area (Å²) in [6.45, 7) is 17.0. The van der Waals surface area contributed by atoms with Crippen molar-refractivity contribution in [1.29, 1.82) is 0 Å². The Kier molecular flexibility index (Phi) is 10.2. The van der Waals surface area contributed by atoms with Gasteiger partial charge in [-0.25, -0.2) is 0 Å². The third-order valence-corrected chi connectivity index (χ3v) is 6.27. The molecule has 0 aliphatic carbocycles. The van der Waals surface area contributed by atoms with Crippen LogP contribution in [0.2, 0.25) is 10.0 Å². The summed E-state index contributed by atoms with van der Waals surface area (Å²) >= 11 is 11.2. The SMILES string of the molecule is CC(C)(C)c1cc(C(=O)NCC2CNCCOC2)cc(C(C)(C)C)c1.Clc1ccccc1Cl. The first kappa shape index (κ1) is 27.7. The smallest absolute Gasteiger partial charge is 0.251 e. The molecule has 1 saturated heterocycles. The van der Waals surface area contributed by atoms with Gasteiger partial charge < -0.3 is 15.4 Å². The zero-order chi connectivity index (χ0) is 24.6. The largest absolute Gasteiger partial charge is 0.380 e. The molecule has 0 saturated carbocycles. The summed E-state index contributed by atoms with van der Waals surface area (Å²) in [6, 6.07) is 13.5. The van der Waals surface area contributed by atoms with E-state index in [0.29, 0.717) is 29.1 Å². The van der Waals surface area contributed by atoms with Crippen LogP contribution in [0.4, 0.5) is 0 Å². The van der Waals surface area contributed by atoms with E-state index in [1.165, 1.54) is 11.1 Å². The lowest BCUT2D eigenvalue weighted by atomic mass is 9.79. The van der Waals surface area contributed by atoms with Crippen molar-refractivity contribution in [2.45, 2.75) is 52.4 Å². The Bertz CT molecular complexity index is 856. The highest BCUT2D eigenvalue weighted by Crippen LogP contribution is 2.30. The molecule has 2 N–H and O–H groups in total. The maximum Gasteiger partial charge on any atom is 0.251 e. The topological polar surface area (TPSA) is 50.4 Å². The average molecular weight is 494 g/mol. The fourth-order valence-electron chi connectivity index (χ4n) is 3.29. The summed E-state index contributed by atoms with van der Waals surface area (Å²) in [6.07, 6.45) is 0. The van der Waals surface area contributed by atoms with Crippen LogP contribution in [0, 0.1) is 5.92 Å². The Hall–Kier alpha value is -1.59. The Morgan fingerprint density at radius 1 is 1.00 bits per heavy atom. The summed E-state index contributed by atoms with van der Waals surface area (Å²) < 4.78 is 5.56. The molecule has 2 aromatic rings. The Labute approximate surface area is 209 Å². The van der Waals surface area contributed by atoms with E-state index in [9.17, 15) is 4.79 Å². The first-order valence-electron chi connectivity index (χ1n) is 11.5. The van der Waals surface area contributed by atoms with E-state index in [2.05, 4.69) is 58.2 Å². The highest BCUT2D eigenvalue weighted by molar-refractivity contribution is 6.41. The standard InChI is InChI=1S/C21H34N2O2.C6H4Cl2/c1-20(2,3)17-9-16(10-18(11-17)21(4,5)6)19(24)23-13-15-12-22-7-8-25-14-15;7-5-3-1-2-4-6(5)8/h9-11,15,22H,7-8,12-14H2,1-6H3,(H,23,24);1-4H. The van der Waals surface area contributed by atoms with Gasteiger partial charge in [0.2, 0.25) is 0 Å². The first-order valence-corrected chi connectivity index (χ1v) is 12.3. The van der Waals surface area contributed by atoms with Crippen LogP contribution in [-0.4, -0.2) is 38.8 Å². The van der Waals surface area contributed by atoms with Gasteiger partial charge in [0.15, 0.2) is 0 Å². The van der Waals surface area contributed by atoms with E-state index < -0.39 is 0 Å². The number of carbonyl (C=O) groups is 1. The van der Waals surface area contributed by atoms with Gasteiger partial charge in [0.05, 0.1) is 23.3 Å². The van der Waals surface area contributed by atoms with Gasteiger partial charge in [-0.2, -0.15) is 0 Å². The van der Waals surface area contributed by atoms with Crippen molar-refractivity contribution >= 4 is 29.1 Å². The second-order valence-electron chi connectivity index (χ2n) is 10.6. The van der Waals surface area contributed by atoms with Crippen molar-refractivity contribution < 1.29 is 9.53 Å². The van der Waals surface area contributed by atoms with Gasteiger partial charge in [-0.05, 0) is 46.2 Å². The molecule has 1 unspecified atom stereocenters. The van der Waals surface area contributed by atoms with Crippen LogP contribution < -0.4 is 10.6 Å². The lowest BCUT2D eigenvalue weighted by molar-refractivity contribution is 0.0921. The number of amides is 1. The lowest BCUT2D eigenvalue weighted by Gasteiger charge is -2.26. The zero-order valence-electron chi connectivity index (χ0n) is 20.7. The molecule has 6 heteroatoms. The van der Waals surface area contributed by atoms with Gasteiger partial charge in [-0.3, -0.25) is 4.79 Å². The van der Waals surface area contributed by atoms with Crippen molar-refractivity contribution in [2.75, 3.05) is 32.8 Å². The van der Waals surface area contributed by atoms with E-state index >= 15 is 0 Å². The number of hydrogen-bond donors (Lipinski definition) is 2. The maximum atomic E-state index is 12.8. The second-order valence-corrected chi connectivity index (χ2v) is 11.4. The lowest BCUT2D eigenvalue weighted by Crippen LogP contribution is -2.35. The van der Waals surface area contributed by atoms with E-state index in [0.717, 1.165) is 25.3 Å². The van der Waals surface area contributed by atoms with Crippen LogP contribution in [-0.2, 0) is 15.6 Å². The number of carbonyl (C=O) groups excluding carboxylic acids is 1. The molecule has 1 atom stereocenters. The van der Waals surface area contributed by atoms with Crippen molar-refractivity contribution in [2.24, 2.45) is 5.92 Å². The molecule has 1 fully saturated rings. The molecule has 0 radical (unpaired) electrons. The van der Waals surface area contributed by atoms with Crippen molar-refractivity contribution in [3.05, 3.63) is 69.2 Å². The number of benzene rings is 2. The summed E-state index contributed by atoms with van der Waals surface area (Å²) in [5.41, 5.74) is 3.17. The number of nitrogens with one attached hydrogen (secondary N) is 2. The summed E-state index contributed by atoms with van der Waals surface area (Å²) in [5, 5.41) is 7.65. The van der Waals surface area contributed by atoms with Crippen LogP contribution in [0.5, 0.6) is 0 Å². The molecule has 0 spiro atoms. The molecule has 1 heterocycles. The third kappa shape index (κ3) is 9.29. The summed E-state index contributed by atoms with van der Waals surface area (Å²) in [5.74, 6) is 0.320. The van der Waals surface area contributed by atoms with Gasteiger partial charge in [0.1, 0.15) is 0 Å². The second kappa shape index (κ2) is 12.2. The molecule has 3 rings (SSSR count). The molecule has 2 aromatic carbocycles. The molecule has 1 aliphatic heterocycles. The van der Waals surface area contributed by atoms with Gasteiger partial charge in [0, 0.05) is 31.1 Å². The molecule has 1 amide bonds. The number of ether oxygens (including phenoxy) is 1. The summed E-state index contributed by atoms with van der Waals surface area (Å²) in [4.78, 5) is 12.8. The highest BCUT2D eigenvalue weighted by atomic mass is 35.5. The molecule has 33 heavy (non-hydrogen) atoms. The monoisotopic (exact) mass is 492 g/mol. The van der Waals surface area contributed by atoms with Crippen molar-refractivity contribution in [1.82, 2.24) is 10.6 Å². The maximum absolute atomic E-state index is 12.8. The molecule has 4 nitrogen and oxygen atoms in total. The average Bonchev–Trinajstić information content (AvgIpc) is 3.02. The number of rotatable bonds is 3. The Morgan fingerprint density at radius 3 is 2.03 bits per heavy atom. The molecule has 0 bridgehead atoms. The Morgan fingerprint density at radius 2 is 1.55 bits per heavy atom. The predicted octanol–water partition coefficient (Wildman–Crippen LogP) is 6.24. The Balaban J connectivity index is 0.000000405. The predicted molar refractivity (Wildman–Crippen MR) is 140 cm³/mol. The zero-order valence-corrected chi connectivity index (χ0v) is 22.2. The first-order chi connectivity index (χ1) is 15.4. The van der Waals surface area contributed by atoms with Crippen LogP contribution in [0.15, 0.2) is 42.5 Å². The molecule has 1 aliphatic rings. The fraction of sp³-hybridized carbons (Fsp3) is 0.519. The minimum Gasteiger partial charge on any atom is -0.380 e. The van der Waals surface area contributed by atoms with E-state index in [1.54, 1.807) is 12.1 Å². The molecular weight excluding hydrogens is 455 g/mol. The fourth-order valence-corrected chi connectivity index (χ4v) is 3.57. The van der Waals surface area contributed by atoms with Gasteiger partial charge >= 0.3 is 0 Å².